The molecule has 0 bridgehead atoms. The van der Waals surface area contributed by atoms with Crippen LogP contribution in [-0.4, -0.2) is 54.6 Å². The first-order valence-corrected chi connectivity index (χ1v) is 7.87. The third-order valence-corrected chi connectivity index (χ3v) is 3.77. The van der Waals surface area contributed by atoms with E-state index >= 15 is 0 Å². The summed E-state index contributed by atoms with van der Waals surface area (Å²) in [7, 11) is 0. The molecule has 1 heterocycles. The van der Waals surface area contributed by atoms with Gasteiger partial charge in [0.05, 0.1) is 12.2 Å². The summed E-state index contributed by atoms with van der Waals surface area (Å²) < 4.78 is 42.4. The third kappa shape index (κ3) is 5.23. The van der Waals surface area contributed by atoms with E-state index in [1.807, 2.05) is 0 Å². The van der Waals surface area contributed by atoms with E-state index < -0.39 is 17.8 Å². The van der Waals surface area contributed by atoms with Crippen molar-refractivity contribution in [2.45, 2.75) is 13.1 Å². The van der Waals surface area contributed by atoms with Crippen molar-refractivity contribution in [2.24, 2.45) is 0 Å². The lowest BCUT2D eigenvalue weighted by molar-refractivity contribution is -0.137. The van der Waals surface area contributed by atoms with Gasteiger partial charge >= 0.3 is 12.3 Å². The van der Waals surface area contributed by atoms with Gasteiger partial charge in [0.15, 0.2) is 0 Å². The van der Waals surface area contributed by atoms with E-state index in [1.54, 1.807) is 11.8 Å². The lowest BCUT2D eigenvalue weighted by atomic mass is 10.1. The second-order valence-electron chi connectivity index (χ2n) is 5.46. The van der Waals surface area contributed by atoms with Gasteiger partial charge < -0.3 is 14.5 Å². The maximum Gasteiger partial charge on any atom is 0.416 e. The Hall–Kier alpha value is -2.51. The van der Waals surface area contributed by atoms with E-state index in [1.165, 1.54) is 29.2 Å². The Balaban J connectivity index is 1.88. The van der Waals surface area contributed by atoms with Crippen LogP contribution in [-0.2, 0) is 15.7 Å². The summed E-state index contributed by atoms with van der Waals surface area (Å²) in [6.07, 6.45) is -1.98. The predicted molar refractivity (Wildman–Crippen MR) is 85.7 cm³/mol. The van der Waals surface area contributed by atoms with E-state index in [9.17, 15) is 22.8 Å². The first-order valence-electron chi connectivity index (χ1n) is 7.87. The molecule has 1 aromatic carbocycles. The molecule has 0 unspecified atom stereocenters. The van der Waals surface area contributed by atoms with E-state index in [4.69, 9.17) is 4.74 Å². The number of halogens is 3. The number of hydrogen-bond acceptors (Lipinski definition) is 3. The number of piperazine rings is 1. The summed E-state index contributed by atoms with van der Waals surface area (Å²) in [6.45, 7) is 3.57. The summed E-state index contributed by atoms with van der Waals surface area (Å²) in [4.78, 5) is 26.8. The molecule has 0 aromatic heterocycles. The van der Waals surface area contributed by atoms with Crippen LogP contribution >= 0.6 is 0 Å². The fourth-order valence-corrected chi connectivity index (χ4v) is 2.38. The number of rotatable bonds is 3. The molecule has 25 heavy (non-hydrogen) atoms. The highest BCUT2D eigenvalue weighted by atomic mass is 19.4. The Morgan fingerprint density at radius 3 is 2.16 bits per heavy atom. The number of ether oxygens (including phenoxy) is 1. The van der Waals surface area contributed by atoms with Crippen molar-refractivity contribution in [1.29, 1.82) is 0 Å². The Morgan fingerprint density at radius 2 is 1.64 bits per heavy atom. The molecule has 0 radical (unpaired) electrons. The van der Waals surface area contributed by atoms with Crippen molar-refractivity contribution in [3.63, 3.8) is 0 Å². The number of nitrogens with zero attached hydrogens (tertiary/aromatic N) is 2. The van der Waals surface area contributed by atoms with Gasteiger partial charge in [-0.2, -0.15) is 13.2 Å². The standard InChI is InChI=1S/C17H19F3N2O3/c1-2-25-16(24)22-11-9-21(10-12-22)15(23)8-5-13-3-6-14(7-4-13)17(18,19)20/h3-8H,2,9-12H2,1H3/b8-5+. The summed E-state index contributed by atoms with van der Waals surface area (Å²) in [5, 5.41) is 0. The topological polar surface area (TPSA) is 49.9 Å². The molecule has 0 N–H and O–H groups in total. The molecule has 2 rings (SSSR count). The van der Waals surface area contributed by atoms with Crippen LogP contribution in [0.4, 0.5) is 18.0 Å². The normalized spacial score (nSPS) is 15.5. The smallest absolute Gasteiger partial charge is 0.416 e. The van der Waals surface area contributed by atoms with Crippen LogP contribution in [0.15, 0.2) is 30.3 Å². The second kappa shape index (κ2) is 8.04. The molecular formula is C17H19F3N2O3. The molecule has 0 aliphatic carbocycles. The average molecular weight is 356 g/mol. The minimum absolute atomic E-state index is 0.247. The van der Waals surface area contributed by atoms with E-state index in [2.05, 4.69) is 0 Å². The number of amides is 2. The minimum Gasteiger partial charge on any atom is -0.450 e. The lowest BCUT2D eigenvalue weighted by Gasteiger charge is -2.33. The highest BCUT2D eigenvalue weighted by Gasteiger charge is 2.29. The van der Waals surface area contributed by atoms with Crippen LogP contribution in [0.5, 0.6) is 0 Å². The molecule has 136 valence electrons. The Kier molecular flexibility index (Phi) is 6.06. The van der Waals surface area contributed by atoms with Crippen LogP contribution in [0.3, 0.4) is 0 Å². The SMILES string of the molecule is CCOC(=O)N1CCN(C(=O)/C=C/c2ccc(C(F)(F)F)cc2)CC1. The van der Waals surface area contributed by atoms with Gasteiger partial charge in [-0.1, -0.05) is 12.1 Å². The van der Waals surface area contributed by atoms with Gasteiger partial charge in [-0.05, 0) is 30.7 Å². The monoisotopic (exact) mass is 356 g/mol. The number of alkyl halides is 3. The van der Waals surface area contributed by atoms with Crippen molar-refractivity contribution in [3.05, 3.63) is 41.5 Å². The van der Waals surface area contributed by atoms with Crippen molar-refractivity contribution in [3.8, 4) is 0 Å². The third-order valence-electron chi connectivity index (χ3n) is 3.77. The molecule has 2 amide bonds. The van der Waals surface area contributed by atoms with Crippen LogP contribution in [0.25, 0.3) is 6.08 Å². The predicted octanol–water partition coefficient (Wildman–Crippen LogP) is 3.02. The Bertz CT molecular complexity index is 634. The van der Waals surface area contributed by atoms with Gasteiger partial charge in [0.25, 0.3) is 0 Å². The summed E-state index contributed by atoms with van der Waals surface area (Å²) >= 11 is 0. The van der Waals surface area contributed by atoms with E-state index in [0.717, 1.165) is 12.1 Å². The largest absolute Gasteiger partial charge is 0.450 e. The van der Waals surface area contributed by atoms with Crippen LogP contribution < -0.4 is 0 Å². The maximum atomic E-state index is 12.5. The van der Waals surface area contributed by atoms with Gasteiger partial charge in [0.1, 0.15) is 0 Å². The minimum atomic E-state index is -4.38. The molecule has 1 saturated heterocycles. The fraction of sp³-hybridized carbons (Fsp3) is 0.412. The van der Waals surface area contributed by atoms with Gasteiger partial charge in [-0.15, -0.1) is 0 Å². The first kappa shape index (κ1) is 18.8. The van der Waals surface area contributed by atoms with E-state index in [-0.39, 0.29) is 5.91 Å². The van der Waals surface area contributed by atoms with Crippen LogP contribution in [0.1, 0.15) is 18.1 Å². The van der Waals surface area contributed by atoms with Gasteiger partial charge in [0.2, 0.25) is 5.91 Å². The Labute approximate surface area is 143 Å². The quantitative estimate of drug-likeness (QED) is 0.783. The number of hydrogen-bond donors (Lipinski definition) is 0. The maximum absolute atomic E-state index is 12.5. The van der Waals surface area contributed by atoms with Gasteiger partial charge in [-0.25, -0.2) is 4.79 Å². The fourth-order valence-electron chi connectivity index (χ4n) is 2.38. The molecule has 5 nitrogen and oxygen atoms in total. The Morgan fingerprint density at radius 1 is 1.08 bits per heavy atom. The highest BCUT2D eigenvalue weighted by Crippen LogP contribution is 2.29. The molecule has 0 atom stereocenters. The molecular weight excluding hydrogens is 337 g/mol. The summed E-state index contributed by atoms with van der Waals surface area (Å²) in [5.41, 5.74) is -0.224. The van der Waals surface area contributed by atoms with Crippen molar-refractivity contribution >= 4 is 18.1 Å². The summed E-state index contributed by atoms with van der Waals surface area (Å²) in [6, 6.07) is 4.57. The highest BCUT2D eigenvalue weighted by molar-refractivity contribution is 5.92. The number of carbonyl (C=O) groups excluding carboxylic acids is 2. The molecule has 0 saturated carbocycles. The summed E-state index contributed by atoms with van der Waals surface area (Å²) in [5.74, 6) is -0.247. The molecule has 1 aliphatic heterocycles. The number of benzene rings is 1. The molecule has 1 aliphatic rings. The zero-order valence-corrected chi connectivity index (χ0v) is 13.8. The number of carbonyl (C=O) groups is 2. The van der Waals surface area contributed by atoms with E-state index in [0.29, 0.717) is 38.3 Å². The zero-order chi connectivity index (χ0) is 18.4. The van der Waals surface area contributed by atoms with Crippen LogP contribution in [0, 0.1) is 0 Å². The van der Waals surface area contributed by atoms with Gasteiger partial charge in [0, 0.05) is 32.3 Å². The molecule has 1 fully saturated rings. The lowest BCUT2D eigenvalue weighted by Crippen LogP contribution is -2.50. The van der Waals surface area contributed by atoms with Crippen molar-refractivity contribution in [1.82, 2.24) is 9.80 Å². The second-order valence-corrected chi connectivity index (χ2v) is 5.46. The average Bonchev–Trinajstić information content (AvgIpc) is 2.59. The molecule has 8 heteroatoms. The van der Waals surface area contributed by atoms with Crippen molar-refractivity contribution in [2.75, 3.05) is 32.8 Å². The van der Waals surface area contributed by atoms with Gasteiger partial charge in [-0.3, -0.25) is 4.79 Å². The van der Waals surface area contributed by atoms with Crippen LogP contribution in [0.2, 0.25) is 0 Å². The molecule has 0 spiro atoms. The first-order chi connectivity index (χ1) is 11.8. The van der Waals surface area contributed by atoms with Crippen molar-refractivity contribution < 1.29 is 27.5 Å². The zero-order valence-electron chi connectivity index (χ0n) is 13.8. The molecule has 1 aromatic rings.